The molecule has 4 nitrogen and oxygen atoms in total. The van der Waals surface area contributed by atoms with Crippen LogP contribution in [0.25, 0.3) is 0 Å². The molecule has 1 rings (SSSR count). The zero-order valence-electron chi connectivity index (χ0n) is 10.5. The summed E-state index contributed by atoms with van der Waals surface area (Å²) in [6.45, 7) is 5.23. The number of carbonyl (C=O) groups excluding carboxylic acids is 2. The average Bonchev–Trinajstić information content (AvgIpc) is 2.60. The lowest BCUT2D eigenvalue weighted by atomic mass is 10.2. The Labute approximate surface area is 104 Å². The van der Waals surface area contributed by atoms with Crippen molar-refractivity contribution >= 4 is 20.2 Å². The molecule has 0 spiro atoms. The van der Waals surface area contributed by atoms with Crippen molar-refractivity contribution in [3.63, 3.8) is 0 Å². The first-order valence-corrected chi connectivity index (χ1v) is 9.04. The van der Waals surface area contributed by atoms with Crippen molar-refractivity contribution in [3.05, 3.63) is 0 Å². The van der Waals surface area contributed by atoms with E-state index in [0.29, 0.717) is 11.3 Å². The van der Waals surface area contributed by atoms with E-state index in [1.165, 1.54) is 0 Å². The van der Waals surface area contributed by atoms with Crippen molar-refractivity contribution < 1.29 is 27.2 Å². The lowest BCUT2D eigenvalue weighted by Gasteiger charge is -2.27. The minimum absolute atomic E-state index is 0.0518. The van der Waals surface area contributed by atoms with Gasteiger partial charge in [0.25, 0.3) is 0 Å². The monoisotopic (exact) mass is 283 g/mol. The van der Waals surface area contributed by atoms with Crippen molar-refractivity contribution in [3.8, 4) is 0 Å². The average molecular weight is 283 g/mol. The van der Waals surface area contributed by atoms with E-state index >= 15 is 0 Å². The van der Waals surface area contributed by atoms with Crippen molar-refractivity contribution in [2.75, 3.05) is 6.54 Å². The molecule has 18 heavy (non-hydrogen) atoms. The van der Waals surface area contributed by atoms with Crippen LogP contribution in [0.4, 0.5) is 13.2 Å². The van der Waals surface area contributed by atoms with Crippen molar-refractivity contribution in [2.45, 2.75) is 44.7 Å². The van der Waals surface area contributed by atoms with Gasteiger partial charge in [-0.05, 0) is 32.5 Å². The third kappa shape index (κ3) is 3.72. The van der Waals surface area contributed by atoms with Crippen LogP contribution in [-0.2, 0) is 14.0 Å². The Hall–Kier alpha value is -1.05. The van der Waals surface area contributed by atoms with E-state index < -0.39 is 32.4 Å². The lowest BCUT2D eigenvalue weighted by Crippen LogP contribution is -2.49. The Bertz CT molecular complexity index is 351. The Morgan fingerprint density at radius 1 is 1.28 bits per heavy atom. The molecule has 0 saturated carbocycles. The minimum atomic E-state index is -4.94. The summed E-state index contributed by atoms with van der Waals surface area (Å²) in [5, 5.41) is 0. The smallest absolute Gasteiger partial charge is 0.471 e. The Morgan fingerprint density at radius 2 is 1.83 bits per heavy atom. The van der Waals surface area contributed by atoms with Gasteiger partial charge in [0.1, 0.15) is 6.04 Å². The molecule has 1 saturated heterocycles. The molecule has 0 aromatic carbocycles. The predicted molar refractivity (Wildman–Crippen MR) is 60.2 cm³/mol. The first kappa shape index (κ1) is 15.0. The van der Waals surface area contributed by atoms with Gasteiger partial charge in [-0.15, -0.1) is 0 Å². The second-order valence-electron chi connectivity index (χ2n) is 5.19. The fraction of sp³-hybridized carbons (Fsp3) is 0.800. The van der Waals surface area contributed by atoms with E-state index in [-0.39, 0.29) is 13.0 Å². The first-order valence-electron chi connectivity index (χ1n) is 5.63. The molecule has 8 heteroatoms. The van der Waals surface area contributed by atoms with Crippen LogP contribution < -0.4 is 0 Å². The largest absolute Gasteiger partial charge is 0.518 e. The molecular formula is C10H16F3NO3Si. The van der Waals surface area contributed by atoms with Gasteiger partial charge in [-0.1, -0.05) is 0 Å². The summed E-state index contributed by atoms with van der Waals surface area (Å²) in [5.41, 5.74) is 0. The standard InChI is InChI=1S/C10H16F3NO3Si/c1-18(2,3)17-8(15)7-5-4-6-14(7)9(16)10(11,12)13/h7H,4-6H2,1-3H3/t7-/m0/s1. The zero-order valence-corrected chi connectivity index (χ0v) is 11.5. The van der Waals surface area contributed by atoms with Crippen LogP contribution in [0.15, 0.2) is 0 Å². The maximum atomic E-state index is 12.3. The Kier molecular flexibility index (Phi) is 4.09. The lowest BCUT2D eigenvalue weighted by molar-refractivity contribution is -0.187. The third-order valence-corrected chi connectivity index (χ3v) is 3.25. The Balaban J connectivity index is 2.77. The number of carbonyl (C=O) groups is 2. The highest BCUT2D eigenvalue weighted by Crippen LogP contribution is 2.26. The summed E-state index contributed by atoms with van der Waals surface area (Å²) in [7, 11) is -2.17. The third-order valence-electron chi connectivity index (χ3n) is 2.44. The van der Waals surface area contributed by atoms with Gasteiger partial charge in [0.2, 0.25) is 8.32 Å². The molecule has 0 aliphatic carbocycles. The molecule has 1 aliphatic heterocycles. The van der Waals surface area contributed by atoms with Gasteiger partial charge in [0.05, 0.1) is 0 Å². The van der Waals surface area contributed by atoms with Crippen LogP contribution in [0.5, 0.6) is 0 Å². The molecule has 0 aromatic rings. The fourth-order valence-electron chi connectivity index (χ4n) is 1.79. The summed E-state index contributed by atoms with van der Waals surface area (Å²) in [6.07, 6.45) is -4.33. The van der Waals surface area contributed by atoms with E-state index in [1.807, 2.05) is 0 Å². The molecule has 0 unspecified atom stereocenters. The number of hydrogen-bond acceptors (Lipinski definition) is 3. The summed E-state index contributed by atoms with van der Waals surface area (Å²) in [5.74, 6) is -2.68. The normalized spacial score (nSPS) is 21.0. The summed E-state index contributed by atoms with van der Waals surface area (Å²) >= 11 is 0. The van der Waals surface area contributed by atoms with Gasteiger partial charge in [0, 0.05) is 6.54 Å². The maximum absolute atomic E-state index is 12.3. The number of halogens is 3. The molecule has 0 bridgehead atoms. The summed E-state index contributed by atoms with van der Waals surface area (Å²) in [4.78, 5) is 23.5. The van der Waals surface area contributed by atoms with Crippen LogP contribution in [0.3, 0.4) is 0 Å². The molecule has 0 aromatic heterocycles. The van der Waals surface area contributed by atoms with Gasteiger partial charge < -0.3 is 9.33 Å². The second-order valence-corrected chi connectivity index (χ2v) is 9.62. The molecule has 0 radical (unpaired) electrons. The highest BCUT2D eigenvalue weighted by molar-refractivity contribution is 6.71. The number of hydrogen-bond donors (Lipinski definition) is 0. The molecule has 1 heterocycles. The fourth-order valence-corrected chi connectivity index (χ4v) is 2.53. The highest BCUT2D eigenvalue weighted by atomic mass is 28.4. The van der Waals surface area contributed by atoms with Crippen LogP contribution in [0.2, 0.25) is 19.6 Å². The van der Waals surface area contributed by atoms with Gasteiger partial charge in [-0.2, -0.15) is 13.2 Å². The van der Waals surface area contributed by atoms with Crippen LogP contribution in [-0.4, -0.2) is 43.9 Å². The molecule has 0 N–H and O–H groups in total. The number of amides is 1. The van der Waals surface area contributed by atoms with Crippen molar-refractivity contribution in [1.82, 2.24) is 4.90 Å². The van der Waals surface area contributed by atoms with Gasteiger partial charge >= 0.3 is 18.1 Å². The first-order chi connectivity index (χ1) is 8.02. The molecule has 1 fully saturated rings. The van der Waals surface area contributed by atoms with Crippen LogP contribution in [0, 0.1) is 0 Å². The predicted octanol–water partition coefficient (Wildman–Crippen LogP) is 1.92. The minimum Gasteiger partial charge on any atom is -0.518 e. The molecule has 1 atom stereocenters. The molecule has 1 amide bonds. The van der Waals surface area contributed by atoms with E-state index in [4.69, 9.17) is 4.43 Å². The van der Waals surface area contributed by atoms with Crippen molar-refractivity contribution in [2.24, 2.45) is 0 Å². The van der Waals surface area contributed by atoms with E-state index in [2.05, 4.69) is 0 Å². The highest BCUT2D eigenvalue weighted by Gasteiger charge is 2.48. The number of likely N-dealkylation sites (tertiary alicyclic amines) is 1. The summed E-state index contributed by atoms with van der Waals surface area (Å²) in [6, 6.07) is -1.09. The number of nitrogens with zero attached hydrogens (tertiary/aromatic N) is 1. The summed E-state index contributed by atoms with van der Waals surface area (Å²) < 4.78 is 42.2. The second kappa shape index (κ2) is 4.91. The van der Waals surface area contributed by atoms with E-state index in [1.54, 1.807) is 19.6 Å². The SMILES string of the molecule is C[Si](C)(C)OC(=O)[C@@H]1CCCN1C(=O)C(F)(F)F. The molecular weight excluding hydrogens is 267 g/mol. The van der Waals surface area contributed by atoms with Gasteiger partial charge in [-0.25, -0.2) is 0 Å². The Morgan fingerprint density at radius 3 is 2.28 bits per heavy atom. The van der Waals surface area contributed by atoms with E-state index in [9.17, 15) is 22.8 Å². The van der Waals surface area contributed by atoms with Crippen LogP contribution >= 0.6 is 0 Å². The molecule has 1 aliphatic rings. The maximum Gasteiger partial charge on any atom is 0.471 e. The van der Waals surface area contributed by atoms with Gasteiger partial charge in [0.15, 0.2) is 0 Å². The molecule has 104 valence electrons. The number of alkyl halides is 3. The van der Waals surface area contributed by atoms with Crippen molar-refractivity contribution in [1.29, 1.82) is 0 Å². The van der Waals surface area contributed by atoms with E-state index in [0.717, 1.165) is 0 Å². The topological polar surface area (TPSA) is 46.6 Å². The van der Waals surface area contributed by atoms with Gasteiger partial charge in [-0.3, -0.25) is 9.59 Å². The number of rotatable bonds is 2. The quantitative estimate of drug-likeness (QED) is 0.727. The zero-order chi connectivity index (χ0) is 14.1. The van der Waals surface area contributed by atoms with Crippen LogP contribution in [0.1, 0.15) is 12.8 Å².